The van der Waals surface area contributed by atoms with Gasteiger partial charge in [-0.1, -0.05) is 127 Å². The van der Waals surface area contributed by atoms with Crippen LogP contribution < -0.4 is 0 Å². The quantitative estimate of drug-likeness (QED) is 0.279. The molecule has 0 N–H and O–H groups in total. The van der Waals surface area contributed by atoms with Crippen LogP contribution in [0.4, 0.5) is 0 Å². The Morgan fingerprint density at radius 2 is 0.971 bits per heavy atom. The molecule has 6 aromatic rings. The van der Waals surface area contributed by atoms with E-state index in [0.29, 0.717) is 0 Å². The third kappa shape index (κ3) is 3.76. The van der Waals surface area contributed by atoms with Crippen molar-refractivity contribution in [2.75, 3.05) is 0 Å². The first kappa shape index (κ1) is 20.1. The maximum atomic E-state index is 5.08. The summed E-state index contributed by atoms with van der Waals surface area (Å²) >= 11 is 0. The van der Waals surface area contributed by atoms with Gasteiger partial charge in [-0.2, -0.15) is 0 Å². The molecule has 6 rings (SSSR count). The zero-order chi connectivity index (χ0) is 22.7. The second-order valence-electron chi connectivity index (χ2n) is 8.27. The van der Waals surface area contributed by atoms with Crippen LogP contribution in [0.1, 0.15) is 0 Å². The lowest BCUT2D eigenvalue weighted by atomic mass is 9.91. The fourth-order valence-electron chi connectivity index (χ4n) is 4.46. The summed E-state index contributed by atoms with van der Waals surface area (Å²) in [5, 5.41) is 2.43. The second kappa shape index (κ2) is 8.76. The van der Waals surface area contributed by atoms with E-state index in [1.807, 2.05) is 36.4 Å². The first-order valence-electron chi connectivity index (χ1n) is 11.4. The maximum absolute atomic E-state index is 5.08. The average molecular weight is 435 g/mol. The zero-order valence-corrected chi connectivity index (χ0v) is 18.6. The van der Waals surface area contributed by atoms with Crippen molar-refractivity contribution in [2.45, 2.75) is 0 Å². The minimum absolute atomic E-state index is 0.726. The molecule has 0 aliphatic carbocycles. The van der Waals surface area contributed by atoms with Crippen molar-refractivity contribution in [3.63, 3.8) is 0 Å². The van der Waals surface area contributed by atoms with Crippen LogP contribution in [0.5, 0.6) is 0 Å². The lowest BCUT2D eigenvalue weighted by Gasteiger charge is -2.15. The predicted molar refractivity (Wildman–Crippen MR) is 141 cm³/mol. The van der Waals surface area contributed by atoms with E-state index in [4.69, 9.17) is 9.97 Å². The van der Waals surface area contributed by atoms with Crippen molar-refractivity contribution in [1.82, 2.24) is 9.97 Å². The Morgan fingerprint density at radius 1 is 0.412 bits per heavy atom. The normalized spacial score (nSPS) is 10.9. The van der Waals surface area contributed by atoms with Crippen LogP contribution in [-0.4, -0.2) is 9.97 Å². The summed E-state index contributed by atoms with van der Waals surface area (Å²) in [5.74, 6) is 0.726. The van der Waals surface area contributed by atoms with Crippen molar-refractivity contribution >= 4 is 10.8 Å². The first-order valence-corrected chi connectivity index (χ1v) is 11.4. The van der Waals surface area contributed by atoms with Gasteiger partial charge in [0.2, 0.25) is 0 Å². The van der Waals surface area contributed by atoms with Gasteiger partial charge in [-0.3, -0.25) is 0 Å². The molecule has 0 aliphatic rings. The van der Waals surface area contributed by atoms with E-state index in [9.17, 15) is 0 Å². The molecule has 1 aromatic heterocycles. The molecule has 0 spiro atoms. The summed E-state index contributed by atoms with van der Waals surface area (Å²) in [4.78, 5) is 10.0. The number of rotatable bonds is 4. The molecular weight excluding hydrogens is 412 g/mol. The monoisotopic (exact) mass is 434 g/mol. The van der Waals surface area contributed by atoms with Crippen molar-refractivity contribution in [3.8, 4) is 45.0 Å². The molecule has 160 valence electrons. The Balaban J connectivity index is 1.66. The van der Waals surface area contributed by atoms with Crippen molar-refractivity contribution in [3.05, 3.63) is 133 Å². The highest BCUT2D eigenvalue weighted by Gasteiger charge is 2.16. The van der Waals surface area contributed by atoms with E-state index in [2.05, 4.69) is 97.1 Å². The number of hydrogen-bond donors (Lipinski definition) is 0. The summed E-state index contributed by atoms with van der Waals surface area (Å²) in [6, 6.07) is 46.1. The minimum Gasteiger partial charge on any atom is -0.228 e. The fourth-order valence-corrected chi connectivity index (χ4v) is 4.46. The Morgan fingerprint density at radius 3 is 1.68 bits per heavy atom. The smallest absolute Gasteiger partial charge is 0.160 e. The summed E-state index contributed by atoms with van der Waals surface area (Å²) in [6.45, 7) is 0. The third-order valence-electron chi connectivity index (χ3n) is 6.10. The molecule has 0 atom stereocenters. The number of benzene rings is 5. The van der Waals surface area contributed by atoms with Gasteiger partial charge < -0.3 is 0 Å². The van der Waals surface area contributed by atoms with Crippen LogP contribution in [0, 0.1) is 0 Å². The summed E-state index contributed by atoms with van der Waals surface area (Å²) in [7, 11) is 0. The number of fused-ring (bicyclic) bond motifs is 1. The molecule has 0 saturated heterocycles. The van der Waals surface area contributed by atoms with Crippen LogP contribution in [0.15, 0.2) is 133 Å². The Hall–Kier alpha value is -4.56. The molecular formula is C32H22N2. The molecule has 1 heterocycles. The summed E-state index contributed by atoms with van der Waals surface area (Å²) in [6.07, 6.45) is 0. The Kier molecular flexibility index (Phi) is 5.17. The molecule has 34 heavy (non-hydrogen) atoms. The first-order chi connectivity index (χ1) is 16.9. The molecule has 2 heteroatoms. The van der Waals surface area contributed by atoms with Gasteiger partial charge in [0.05, 0.1) is 11.4 Å². The van der Waals surface area contributed by atoms with Gasteiger partial charge in [0, 0.05) is 16.7 Å². The van der Waals surface area contributed by atoms with Gasteiger partial charge in [-0.25, -0.2) is 9.97 Å². The number of aromatic nitrogens is 2. The standard InChI is InChI=1S/C32H22N2/c1-4-13-24(14-5-1)29-22-30(34-32(33-29)26-17-8-3-9-18-26)28-21-20-23-12-10-11-19-27(23)31(28)25-15-6-2-7-16-25/h1-22H. The highest BCUT2D eigenvalue weighted by molar-refractivity contribution is 6.04. The van der Waals surface area contributed by atoms with E-state index in [1.54, 1.807) is 0 Å². The highest BCUT2D eigenvalue weighted by Crippen LogP contribution is 2.38. The van der Waals surface area contributed by atoms with E-state index < -0.39 is 0 Å². The van der Waals surface area contributed by atoms with Gasteiger partial charge in [0.1, 0.15) is 0 Å². The third-order valence-corrected chi connectivity index (χ3v) is 6.10. The molecule has 0 fully saturated rings. The minimum atomic E-state index is 0.726. The zero-order valence-electron chi connectivity index (χ0n) is 18.6. The van der Waals surface area contributed by atoms with Crippen molar-refractivity contribution in [2.24, 2.45) is 0 Å². The number of hydrogen-bond acceptors (Lipinski definition) is 2. The molecule has 2 nitrogen and oxygen atoms in total. The van der Waals surface area contributed by atoms with Crippen LogP contribution >= 0.6 is 0 Å². The molecule has 0 bridgehead atoms. The molecule has 0 amide bonds. The molecule has 0 aliphatic heterocycles. The fraction of sp³-hybridized carbons (Fsp3) is 0. The lowest BCUT2D eigenvalue weighted by molar-refractivity contribution is 1.18. The molecule has 0 saturated carbocycles. The van der Waals surface area contributed by atoms with E-state index in [-0.39, 0.29) is 0 Å². The van der Waals surface area contributed by atoms with Crippen molar-refractivity contribution < 1.29 is 0 Å². The van der Waals surface area contributed by atoms with Gasteiger partial charge in [-0.05, 0) is 28.0 Å². The van der Waals surface area contributed by atoms with Crippen LogP contribution in [0.25, 0.3) is 55.8 Å². The average Bonchev–Trinajstić information content (AvgIpc) is 2.93. The van der Waals surface area contributed by atoms with E-state index in [1.165, 1.54) is 21.9 Å². The lowest BCUT2D eigenvalue weighted by Crippen LogP contribution is -1.97. The van der Waals surface area contributed by atoms with E-state index >= 15 is 0 Å². The Labute approximate surface area is 199 Å². The number of nitrogens with zero attached hydrogens (tertiary/aromatic N) is 2. The molecule has 0 radical (unpaired) electrons. The van der Waals surface area contributed by atoms with E-state index in [0.717, 1.165) is 33.9 Å². The Bertz CT molecular complexity index is 1520. The topological polar surface area (TPSA) is 25.8 Å². The van der Waals surface area contributed by atoms with Gasteiger partial charge in [-0.15, -0.1) is 0 Å². The van der Waals surface area contributed by atoms with Gasteiger partial charge in [0.15, 0.2) is 5.82 Å². The van der Waals surface area contributed by atoms with Crippen LogP contribution in [0.3, 0.4) is 0 Å². The van der Waals surface area contributed by atoms with Gasteiger partial charge >= 0.3 is 0 Å². The predicted octanol–water partition coefficient (Wildman–Crippen LogP) is 8.30. The SMILES string of the molecule is c1ccc(-c2cc(-c3ccc4ccccc4c3-c3ccccc3)nc(-c3ccccc3)n2)cc1. The summed E-state index contributed by atoms with van der Waals surface area (Å²) in [5.41, 5.74) is 7.37. The molecule has 0 unspecified atom stereocenters. The molecule has 5 aromatic carbocycles. The second-order valence-corrected chi connectivity index (χ2v) is 8.27. The largest absolute Gasteiger partial charge is 0.228 e. The maximum Gasteiger partial charge on any atom is 0.160 e. The van der Waals surface area contributed by atoms with Crippen LogP contribution in [0.2, 0.25) is 0 Å². The van der Waals surface area contributed by atoms with Crippen molar-refractivity contribution in [1.29, 1.82) is 0 Å². The highest BCUT2D eigenvalue weighted by atomic mass is 14.9. The van der Waals surface area contributed by atoms with Gasteiger partial charge in [0.25, 0.3) is 0 Å². The summed E-state index contributed by atoms with van der Waals surface area (Å²) < 4.78 is 0. The van der Waals surface area contributed by atoms with Crippen LogP contribution in [-0.2, 0) is 0 Å².